The number of fused-ring (bicyclic) bond motifs is 4. The minimum atomic E-state index is -1.05. The van der Waals surface area contributed by atoms with E-state index in [0.717, 1.165) is 33.0 Å². The molecule has 5 rings (SSSR count). The lowest BCUT2D eigenvalue weighted by molar-refractivity contribution is -0.146. The summed E-state index contributed by atoms with van der Waals surface area (Å²) in [5.41, 5.74) is 11.4. The molecule has 0 saturated heterocycles. The number of carboxylic acids is 1. The molecule has 5 heteroatoms. The van der Waals surface area contributed by atoms with Crippen LogP contribution in [0.3, 0.4) is 0 Å². The maximum absolute atomic E-state index is 13.4. The fraction of sp³-hybridized carbons (Fsp3) is 0.172. The second-order valence-corrected chi connectivity index (χ2v) is 8.70. The van der Waals surface area contributed by atoms with Gasteiger partial charge in [-0.3, -0.25) is 9.59 Å². The van der Waals surface area contributed by atoms with Gasteiger partial charge in [0.1, 0.15) is 6.61 Å². The van der Waals surface area contributed by atoms with Gasteiger partial charge in [-0.05, 0) is 38.6 Å². The van der Waals surface area contributed by atoms with E-state index < -0.39 is 23.9 Å². The third-order valence-corrected chi connectivity index (χ3v) is 6.58. The Labute approximate surface area is 197 Å². The number of carbonyl (C=O) groups is 2. The van der Waals surface area contributed by atoms with Crippen LogP contribution in [-0.2, 0) is 14.3 Å². The first-order valence-corrected chi connectivity index (χ1v) is 11.3. The van der Waals surface area contributed by atoms with Gasteiger partial charge < -0.3 is 15.6 Å². The van der Waals surface area contributed by atoms with Gasteiger partial charge in [-0.15, -0.1) is 0 Å². The van der Waals surface area contributed by atoms with Gasteiger partial charge in [0.15, 0.2) is 0 Å². The van der Waals surface area contributed by atoms with Gasteiger partial charge in [0.25, 0.3) is 0 Å². The Morgan fingerprint density at radius 2 is 1.41 bits per heavy atom. The first-order valence-electron chi connectivity index (χ1n) is 11.3. The van der Waals surface area contributed by atoms with Crippen molar-refractivity contribution in [2.45, 2.75) is 24.3 Å². The highest BCUT2D eigenvalue weighted by Gasteiger charge is 2.33. The molecule has 0 radical (unpaired) electrons. The largest absolute Gasteiger partial charge is 0.481 e. The molecule has 2 atom stereocenters. The van der Waals surface area contributed by atoms with E-state index in [1.54, 1.807) is 0 Å². The summed E-state index contributed by atoms with van der Waals surface area (Å²) in [4.78, 5) is 24.8. The summed E-state index contributed by atoms with van der Waals surface area (Å²) in [6.07, 6.45) is -0.332. The Morgan fingerprint density at radius 3 is 2.06 bits per heavy atom. The predicted molar refractivity (Wildman–Crippen MR) is 132 cm³/mol. The maximum atomic E-state index is 13.4. The highest BCUT2D eigenvalue weighted by Crippen LogP contribution is 2.44. The smallest absolute Gasteiger partial charge is 0.315 e. The van der Waals surface area contributed by atoms with E-state index in [1.807, 2.05) is 66.7 Å². The number of carbonyl (C=O) groups excluding carboxylic acids is 1. The molecule has 4 aromatic rings. The molecule has 1 aliphatic carbocycles. The third kappa shape index (κ3) is 4.06. The molecule has 0 aliphatic heterocycles. The average Bonchev–Trinajstić information content (AvgIpc) is 3.16. The normalized spacial score (nSPS) is 14.3. The summed E-state index contributed by atoms with van der Waals surface area (Å²) in [6.45, 7) is 0.163. The molecular weight excluding hydrogens is 426 g/mol. The van der Waals surface area contributed by atoms with Crippen molar-refractivity contribution in [3.8, 4) is 11.1 Å². The quantitative estimate of drug-likeness (QED) is 0.383. The van der Waals surface area contributed by atoms with E-state index in [2.05, 4.69) is 24.3 Å². The maximum Gasteiger partial charge on any atom is 0.315 e. The van der Waals surface area contributed by atoms with Crippen LogP contribution in [0.25, 0.3) is 21.9 Å². The van der Waals surface area contributed by atoms with E-state index >= 15 is 0 Å². The molecule has 1 aliphatic rings. The number of nitrogens with two attached hydrogens (primary N) is 1. The van der Waals surface area contributed by atoms with Crippen LogP contribution in [0.4, 0.5) is 0 Å². The number of benzene rings is 4. The molecular formula is C29H25NO4. The van der Waals surface area contributed by atoms with Crippen LogP contribution in [-0.4, -0.2) is 29.7 Å². The second kappa shape index (κ2) is 9.12. The number of esters is 1. The lowest BCUT2D eigenvalue weighted by Crippen LogP contribution is -2.37. The standard InChI is InChI=1S/C29H25NO4/c30-26(16-27(31)32)28(20-14-13-18-7-1-2-8-19(18)15-20)29(33)34-17-25-23-11-5-3-9-21(23)22-10-4-6-12-24(22)25/h1-15,25-26,28H,16-17,30H2,(H,31,32)/t26-,28-/m0/s1. The van der Waals surface area contributed by atoms with Gasteiger partial charge in [-0.1, -0.05) is 91.0 Å². The Morgan fingerprint density at radius 1 is 0.824 bits per heavy atom. The molecule has 0 fully saturated rings. The molecule has 34 heavy (non-hydrogen) atoms. The van der Waals surface area contributed by atoms with Crippen LogP contribution in [0.2, 0.25) is 0 Å². The van der Waals surface area contributed by atoms with Gasteiger partial charge in [0.05, 0.1) is 12.3 Å². The van der Waals surface area contributed by atoms with E-state index in [1.165, 1.54) is 0 Å². The van der Waals surface area contributed by atoms with Crippen molar-refractivity contribution in [1.82, 2.24) is 0 Å². The molecule has 0 aromatic heterocycles. The zero-order valence-electron chi connectivity index (χ0n) is 18.6. The lowest BCUT2D eigenvalue weighted by Gasteiger charge is -2.23. The summed E-state index contributed by atoms with van der Waals surface area (Å²) in [5.74, 6) is -2.52. The third-order valence-electron chi connectivity index (χ3n) is 6.58. The first-order chi connectivity index (χ1) is 16.5. The van der Waals surface area contributed by atoms with Crippen LogP contribution in [0.5, 0.6) is 0 Å². The molecule has 5 nitrogen and oxygen atoms in total. The summed E-state index contributed by atoms with van der Waals surface area (Å²) in [6, 6.07) is 28.8. The molecule has 0 unspecified atom stereocenters. The van der Waals surface area contributed by atoms with Gasteiger partial charge in [0, 0.05) is 12.0 Å². The Hall–Kier alpha value is -3.96. The summed E-state index contributed by atoms with van der Waals surface area (Å²) in [7, 11) is 0. The molecule has 0 spiro atoms. The van der Waals surface area contributed by atoms with Crippen LogP contribution in [0, 0.1) is 0 Å². The lowest BCUT2D eigenvalue weighted by atomic mass is 9.88. The Bertz CT molecular complexity index is 1330. The number of hydrogen-bond acceptors (Lipinski definition) is 4. The van der Waals surface area contributed by atoms with Gasteiger partial charge in [-0.2, -0.15) is 0 Å². The first kappa shape index (κ1) is 21.9. The van der Waals surface area contributed by atoms with E-state index in [9.17, 15) is 14.7 Å². The Balaban J connectivity index is 1.43. The molecule has 0 saturated carbocycles. The molecule has 170 valence electrons. The van der Waals surface area contributed by atoms with Crippen molar-refractivity contribution in [3.63, 3.8) is 0 Å². The number of aliphatic carboxylic acids is 1. The highest BCUT2D eigenvalue weighted by atomic mass is 16.5. The Kier molecular flexibility index (Phi) is 5.86. The van der Waals surface area contributed by atoms with Gasteiger partial charge in [0.2, 0.25) is 0 Å². The van der Waals surface area contributed by atoms with E-state index in [4.69, 9.17) is 10.5 Å². The summed E-state index contributed by atoms with van der Waals surface area (Å²) in [5, 5.41) is 11.3. The van der Waals surface area contributed by atoms with Crippen LogP contribution < -0.4 is 5.73 Å². The topological polar surface area (TPSA) is 89.6 Å². The van der Waals surface area contributed by atoms with Crippen molar-refractivity contribution in [1.29, 1.82) is 0 Å². The number of ether oxygens (including phenoxy) is 1. The van der Waals surface area contributed by atoms with Crippen molar-refractivity contribution in [2.24, 2.45) is 5.73 Å². The van der Waals surface area contributed by atoms with Crippen molar-refractivity contribution in [3.05, 3.63) is 108 Å². The van der Waals surface area contributed by atoms with Crippen molar-refractivity contribution >= 4 is 22.7 Å². The van der Waals surface area contributed by atoms with Crippen LogP contribution in [0.15, 0.2) is 91.0 Å². The summed E-state index contributed by atoms with van der Waals surface area (Å²) < 4.78 is 5.86. The zero-order valence-corrected chi connectivity index (χ0v) is 18.6. The van der Waals surface area contributed by atoms with E-state index in [0.29, 0.717) is 5.56 Å². The second-order valence-electron chi connectivity index (χ2n) is 8.70. The highest BCUT2D eigenvalue weighted by molar-refractivity contribution is 5.87. The predicted octanol–water partition coefficient (Wildman–Crippen LogP) is 5.08. The SMILES string of the molecule is N[C@@H](CC(=O)O)[C@@H](C(=O)OCC1c2ccccc2-c2ccccc21)c1ccc2ccccc2c1. The number of rotatable bonds is 7. The molecule has 0 heterocycles. The van der Waals surface area contributed by atoms with Crippen LogP contribution in [0.1, 0.15) is 34.9 Å². The minimum absolute atomic E-state index is 0.0794. The van der Waals surface area contributed by atoms with Crippen molar-refractivity contribution < 1.29 is 19.4 Å². The monoisotopic (exact) mass is 451 g/mol. The van der Waals surface area contributed by atoms with Crippen molar-refractivity contribution in [2.75, 3.05) is 6.61 Å². The fourth-order valence-electron chi connectivity index (χ4n) is 4.97. The van der Waals surface area contributed by atoms with Gasteiger partial charge >= 0.3 is 11.9 Å². The van der Waals surface area contributed by atoms with Crippen LogP contribution >= 0.6 is 0 Å². The minimum Gasteiger partial charge on any atom is -0.481 e. The summed E-state index contributed by atoms with van der Waals surface area (Å²) >= 11 is 0. The fourth-order valence-corrected chi connectivity index (χ4v) is 4.97. The molecule has 3 N–H and O–H groups in total. The number of hydrogen-bond donors (Lipinski definition) is 2. The molecule has 0 amide bonds. The van der Waals surface area contributed by atoms with E-state index in [-0.39, 0.29) is 18.9 Å². The molecule has 0 bridgehead atoms. The average molecular weight is 452 g/mol. The number of carboxylic acid groups (broad SMARTS) is 1. The van der Waals surface area contributed by atoms with Gasteiger partial charge in [-0.25, -0.2) is 0 Å². The zero-order chi connectivity index (χ0) is 23.7. The molecule has 4 aromatic carbocycles.